The van der Waals surface area contributed by atoms with Gasteiger partial charge in [0, 0.05) is 25.1 Å². The third-order valence-corrected chi connectivity index (χ3v) is 2.90. The molecular formula is C12H13ClN4O. The third-order valence-electron chi connectivity index (χ3n) is 2.59. The van der Waals surface area contributed by atoms with E-state index in [1.165, 1.54) is 6.20 Å². The van der Waals surface area contributed by atoms with Gasteiger partial charge in [-0.3, -0.25) is 14.5 Å². The zero-order valence-corrected chi connectivity index (χ0v) is 10.9. The summed E-state index contributed by atoms with van der Waals surface area (Å²) in [6, 6.07) is 3.51. The van der Waals surface area contributed by atoms with Gasteiger partial charge < -0.3 is 5.32 Å². The predicted molar refractivity (Wildman–Crippen MR) is 68.4 cm³/mol. The molecule has 2 aromatic heterocycles. The second-order valence-corrected chi connectivity index (χ2v) is 4.34. The first-order chi connectivity index (χ1) is 8.58. The fourth-order valence-electron chi connectivity index (χ4n) is 1.53. The van der Waals surface area contributed by atoms with Crippen LogP contribution in [-0.4, -0.2) is 20.7 Å². The lowest BCUT2D eigenvalue weighted by Gasteiger charge is -2.07. The highest BCUT2D eigenvalue weighted by Crippen LogP contribution is 2.15. The number of carbonyl (C=O) groups excluding carboxylic acids is 1. The summed E-state index contributed by atoms with van der Waals surface area (Å²) >= 11 is 6.00. The van der Waals surface area contributed by atoms with E-state index < -0.39 is 0 Å². The van der Waals surface area contributed by atoms with E-state index in [0.717, 1.165) is 11.4 Å². The lowest BCUT2D eigenvalue weighted by atomic mass is 10.2. The van der Waals surface area contributed by atoms with Crippen LogP contribution in [0.2, 0.25) is 5.02 Å². The van der Waals surface area contributed by atoms with Crippen molar-refractivity contribution in [1.29, 1.82) is 0 Å². The molecule has 0 spiro atoms. The van der Waals surface area contributed by atoms with Gasteiger partial charge in [-0.05, 0) is 19.1 Å². The van der Waals surface area contributed by atoms with Crippen molar-refractivity contribution >= 4 is 17.5 Å². The van der Waals surface area contributed by atoms with Gasteiger partial charge in [-0.25, -0.2) is 0 Å². The number of aryl methyl sites for hydroxylation is 2. The average Bonchev–Trinajstić information content (AvgIpc) is 2.72. The van der Waals surface area contributed by atoms with E-state index in [0.29, 0.717) is 17.1 Å². The Kier molecular flexibility index (Phi) is 3.62. The summed E-state index contributed by atoms with van der Waals surface area (Å²) in [6.07, 6.45) is 3.16. The van der Waals surface area contributed by atoms with Crippen LogP contribution in [0.15, 0.2) is 24.5 Å². The largest absolute Gasteiger partial charge is 0.346 e. The Hall–Kier alpha value is -1.88. The van der Waals surface area contributed by atoms with Gasteiger partial charge >= 0.3 is 0 Å². The van der Waals surface area contributed by atoms with Crippen LogP contribution < -0.4 is 5.32 Å². The number of halogens is 1. The molecule has 2 heterocycles. The highest BCUT2D eigenvalue weighted by atomic mass is 35.5. The summed E-state index contributed by atoms with van der Waals surface area (Å²) in [5.41, 5.74) is 2.08. The van der Waals surface area contributed by atoms with Crippen LogP contribution in [-0.2, 0) is 13.6 Å². The number of nitrogens with one attached hydrogen (secondary N) is 1. The molecule has 0 saturated carbocycles. The Morgan fingerprint density at radius 1 is 1.56 bits per heavy atom. The van der Waals surface area contributed by atoms with E-state index in [9.17, 15) is 4.79 Å². The van der Waals surface area contributed by atoms with Gasteiger partial charge in [0.25, 0.3) is 5.91 Å². The maximum absolute atomic E-state index is 11.9. The number of aromatic nitrogens is 3. The summed E-state index contributed by atoms with van der Waals surface area (Å²) in [4.78, 5) is 16.0. The molecular weight excluding hydrogens is 252 g/mol. The van der Waals surface area contributed by atoms with Gasteiger partial charge in [0.05, 0.1) is 22.8 Å². The maximum atomic E-state index is 11.9. The van der Waals surface area contributed by atoms with Crippen molar-refractivity contribution in [3.05, 3.63) is 46.5 Å². The SMILES string of the molecule is Cc1cc(Cl)c(C(=O)NCc2ccnn2C)cn1. The number of pyridine rings is 1. The number of hydrogen-bond acceptors (Lipinski definition) is 3. The second-order valence-electron chi connectivity index (χ2n) is 3.93. The lowest BCUT2D eigenvalue weighted by molar-refractivity contribution is 0.0950. The molecule has 0 atom stereocenters. The standard InChI is InChI=1S/C12H13ClN4O/c1-8-5-11(13)10(7-14-8)12(18)15-6-9-3-4-16-17(9)2/h3-5,7H,6H2,1-2H3,(H,15,18). The van der Waals surface area contributed by atoms with Crippen LogP contribution >= 0.6 is 11.6 Å². The average molecular weight is 265 g/mol. The molecule has 0 aromatic carbocycles. The summed E-state index contributed by atoms with van der Waals surface area (Å²) in [7, 11) is 1.82. The van der Waals surface area contributed by atoms with Crippen molar-refractivity contribution < 1.29 is 4.79 Å². The molecule has 0 unspecified atom stereocenters. The van der Waals surface area contributed by atoms with Gasteiger partial charge in [-0.15, -0.1) is 0 Å². The molecule has 0 aliphatic rings. The Bertz CT molecular complexity index is 579. The van der Waals surface area contributed by atoms with Gasteiger partial charge in [0.1, 0.15) is 0 Å². The third kappa shape index (κ3) is 2.68. The second kappa shape index (κ2) is 5.18. The van der Waals surface area contributed by atoms with E-state index in [1.807, 2.05) is 20.0 Å². The minimum atomic E-state index is -0.242. The summed E-state index contributed by atoms with van der Waals surface area (Å²) in [5, 5.41) is 7.21. The minimum absolute atomic E-state index is 0.242. The highest BCUT2D eigenvalue weighted by Gasteiger charge is 2.11. The molecule has 94 valence electrons. The minimum Gasteiger partial charge on any atom is -0.346 e. The molecule has 0 radical (unpaired) electrons. The first-order valence-corrected chi connectivity index (χ1v) is 5.83. The van der Waals surface area contributed by atoms with E-state index in [2.05, 4.69) is 15.4 Å². The Labute approximate surface area is 110 Å². The van der Waals surface area contributed by atoms with Crippen LogP contribution in [0.1, 0.15) is 21.7 Å². The topological polar surface area (TPSA) is 59.8 Å². The normalized spacial score (nSPS) is 10.4. The smallest absolute Gasteiger partial charge is 0.254 e. The zero-order chi connectivity index (χ0) is 13.1. The van der Waals surface area contributed by atoms with E-state index >= 15 is 0 Å². The monoisotopic (exact) mass is 264 g/mol. The molecule has 18 heavy (non-hydrogen) atoms. The lowest BCUT2D eigenvalue weighted by Crippen LogP contribution is -2.24. The molecule has 0 aliphatic heterocycles. The van der Waals surface area contributed by atoms with Crippen molar-refractivity contribution in [2.45, 2.75) is 13.5 Å². The number of amides is 1. The molecule has 2 aromatic rings. The van der Waals surface area contributed by atoms with Gasteiger partial charge in [0.15, 0.2) is 0 Å². The van der Waals surface area contributed by atoms with Crippen LogP contribution in [0.4, 0.5) is 0 Å². The van der Waals surface area contributed by atoms with Crippen LogP contribution in [0, 0.1) is 6.92 Å². The quantitative estimate of drug-likeness (QED) is 0.918. The van der Waals surface area contributed by atoms with Crippen LogP contribution in [0.3, 0.4) is 0 Å². The van der Waals surface area contributed by atoms with Gasteiger partial charge in [0.2, 0.25) is 0 Å². The number of rotatable bonds is 3. The summed E-state index contributed by atoms with van der Waals surface area (Å²) < 4.78 is 1.70. The van der Waals surface area contributed by atoms with E-state index in [-0.39, 0.29) is 5.91 Å². The summed E-state index contributed by atoms with van der Waals surface area (Å²) in [5.74, 6) is -0.242. The van der Waals surface area contributed by atoms with Crippen molar-refractivity contribution in [3.63, 3.8) is 0 Å². The van der Waals surface area contributed by atoms with Crippen LogP contribution in [0.25, 0.3) is 0 Å². The van der Waals surface area contributed by atoms with Crippen molar-refractivity contribution in [1.82, 2.24) is 20.1 Å². The van der Waals surface area contributed by atoms with Crippen LogP contribution in [0.5, 0.6) is 0 Å². The first-order valence-electron chi connectivity index (χ1n) is 5.45. The molecule has 0 aliphatic carbocycles. The molecule has 0 bridgehead atoms. The Balaban J connectivity index is 2.06. The number of nitrogens with zero attached hydrogens (tertiary/aromatic N) is 3. The Morgan fingerprint density at radius 2 is 2.33 bits per heavy atom. The van der Waals surface area contributed by atoms with Crippen molar-refractivity contribution in [2.24, 2.45) is 7.05 Å². The van der Waals surface area contributed by atoms with E-state index in [1.54, 1.807) is 16.9 Å². The molecule has 0 fully saturated rings. The fourth-order valence-corrected chi connectivity index (χ4v) is 1.83. The van der Waals surface area contributed by atoms with E-state index in [4.69, 9.17) is 11.6 Å². The summed E-state index contributed by atoms with van der Waals surface area (Å²) in [6.45, 7) is 2.22. The number of hydrogen-bond donors (Lipinski definition) is 1. The molecule has 2 rings (SSSR count). The predicted octanol–water partition coefficient (Wildman–Crippen LogP) is 1.71. The Morgan fingerprint density at radius 3 is 2.94 bits per heavy atom. The zero-order valence-electron chi connectivity index (χ0n) is 10.1. The molecule has 1 amide bonds. The molecule has 6 heteroatoms. The molecule has 5 nitrogen and oxygen atoms in total. The van der Waals surface area contributed by atoms with Crippen molar-refractivity contribution in [3.8, 4) is 0 Å². The number of carbonyl (C=O) groups is 1. The van der Waals surface area contributed by atoms with Gasteiger partial charge in [-0.1, -0.05) is 11.6 Å². The van der Waals surface area contributed by atoms with Gasteiger partial charge in [-0.2, -0.15) is 5.10 Å². The molecule has 0 saturated heterocycles. The van der Waals surface area contributed by atoms with Crippen molar-refractivity contribution in [2.75, 3.05) is 0 Å². The highest BCUT2D eigenvalue weighted by molar-refractivity contribution is 6.33. The maximum Gasteiger partial charge on any atom is 0.254 e. The first kappa shape index (κ1) is 12.6. The molecule has 1 N–H and O–H groups in total. The fraction of sp³-hybridized carbons (Fsp3) is 0.250.